The Labute approximate surface area is 150 Å². The Morgan fingerprint density at radius 2 is 1.92 bits per heavy atom. The van der Waals surface area contributed by atoms with Crippen molar-refractivity contribution in [1.82, 2.24) is 10.1 Å². The molecule has 0 fully saturated rings. The summed E-state index contributed by atoms with van der Waals surface area (Å²) in [5.74, 6) is 2.06. The fourth-order valence-corrected chi connectivity index (χ4v) is 2.48. The first kappa shape index (κ1) is 17.5. The maximum absolute atomic E-state index is 12.2. The molecule has 7 heteroatoms. The molecule has 1 amide bonds. The summed E-state index contributed by atoms with van der Waals surface area (Å²) in [6.45, 7) is 1.86. The van der Waals surface area contributed by atoms with E-state index in [1.807, 2.05) is 25.1 Å². The second kappa shape index (κ2) is 7.69. The van der Waals surface area contributed by atoms with E-state index in [1.54, 1.807) is 38.5 Å². The zero-order chi connectivity index (χ0) is 18.5. The van der Waals surface area contributed by atoms with Crippen LogP contribution in [0.3, 0.4) is 0 Å². The Kier molecular flexibility index (Phi) is 5.17. The van der Waals surface area contributed by atoms with Gasteiger partial charge < -0.3 is 19.3 Å². The minimum atomic E-state index is -0.213. The van der Waals surface area contributed by atoms with Crippen molar-refractivity contribution in [3.8, 4) is 22.8 Å². The van der Waals surface area contributed by atoms with Crippen molar-refractivity contribution in [2.75, 3.05) is 19.5 Å². The largest absolute Gasteiger partial charge is 0.493 e. The van der Waals surface area contributed by atoms with E-state index < -0.39 is 0 Å². The first-order valence-electron chi connectivity index (χ1n) is 8.00. The summed E-state index contributed by atoms with van der Waals surface area (Å²) < 4.78 is 15.9. The SMILES string of the molecule is COc1ccc(-c2cc(CC(=O)Nc3cccc(C)n3)no2)cc1OC. The van der Waals surface area contributed by atoms with Gasteiger partial charge in [-0.1, -0.05) is 11.2 Å². The van der Waals surface area contributed by atoms with E-state index in [-0.39, 0.29) is 12.3 Å². The van der Waals surface area contributed by atoms with Crippen LogP contribution in [0.2, 0.25) is 0 Å². The standard InChI is InChI=1S/C19H19N3O4/c1-12-5-4-6-18(20-12)21-19(23)11-14-10-16(26-22-14)13-7-8-15(24-2)17(9-13)25-3/h4-10H,11H2,1-3H3,(H,20,21,23). The highest BCUT2D eigenvalue weighted by molar-refractivity contribution is 5.91. The highest BCUT2D eigenvalue weighted by Gasteiger charge is 2.13. The van der Waals surface area contributed by atoms with Gasteiger partial charge >= 0.3 is 0 Å². The average molecular weight is 353 g/mol. The van der Waals surface area contributed by atoms with Gasteiger partial charge in [0.15, 0.2) is 17.3 Å². The lowest BCUT2D eigenvalue weighted by Crippen LogP contribution is -2.15. The molecule has 0 aliphatic heterocycles. The highest BCUT2D eigenvalue weighted by Crippen LogP contribution is 2.32. The monoisotopic (exact) mass is 353 g/mol. The maximum Gasteiger partial charge on any atom is 0.231 e. The number of rotatable bonds is 6. The molecule has 2 aromatic heterocycles. The summed E-state index contributed by atoms with van der Waals surface area (Å²) >= 11 is 0. The van der Waals surface area contributed by atoms with Crippen molar-refractivity contribution in [1.29, 1.82) is 0 Å². The van der Waals surface area contributed by atoms with Gasteiger partial charge in [-0.15, -0.1) is 0 Å². The number of hydrogen-bond donors (Lipinski definition) is 1. The number of carbonyl (C=O) groups is 1. The van der Waals surface area contributed by atoms with E-state index in [1.165, 1.54) is 0 Å². The van der Waals surface area contributed by atoms with E-state index in [4.69, 9.17) is 14.0 Å². The molecule has 0 spiro atoms. The van der Waals surface area contributed by atoms with Gasteiger partial charge in [-0.3, -0.25) is 4.79 Å². The fraction of sp³-hybridized carbons (Fsp3) is 0.211. The molecule has 2 heterocycles. The third-order valence-corrected chi connectivity index (χ3v) is 3.72. The molecule has 0 aliphatic rings. The number of nitrogens with one attached hydrogen (secondary N) is 1. The van der Waals surface area contributed by atoms with Crippen LogP contribution in [0.4, 0.5) is 5.82 Å². The third-order valence-electron chi connectivity index (χ3n) is 3.72. The quantitative estimate of drug-likeness (QED) is 0.732. The van der Waals surface area contributed by atoms with Gasteiger partial charge in [0.25, 0.3) is 0 Å². The Morgan fingerprint density at radius 3 is 2.65 bits per heavy atom. The number of hydrogen-bond acceptors (Lipinski definition) is 6. The van der Waals surface area contributed by atoms with Crippen LogP contribution < -0.4 is 14.8 Å². The van der Waals surface area contributed by atoms with E-state index in [2.05, 4.69) is 15.5 Å². The lowest BCUT2D eigenvalue weighted by Gasteiger charge is -2.07. The van der Waals surface area contributed by atoms with Crippen molar-refractivity contribution in [3.05, 3.63) is 53.9 Å². The molecule has 0 radical (unpaired) electrons. The molecular weight excluding hydrogens is 334 g/mol. The molecule has 0 aliphatic carbocycles. The van der Waals surface area contributed by atoms with Crippen LogP contribution in [0.15, 0.2) is 47.0 Å². The molecule has 0 saturated heterocycles. The first-order valence-corrected chi connectivity index (χ1v) is 8.00. The first-order chi connectivity index (χ1) is 12.6. The Balaban J connectivity index is 1.70. The van der Waals surface area contributed by atoms with E-state index in [9.17, 15) is 4.79 Å². The van der Waals surface area contributed by atoms with E-state index in [0.29, 0.717) is 28.8 Å². The van der Waals surface area contributed by atoms with E-state index in [0.717, 1.165) is 11.3 Å². The molecule has 0 bridgehead atoms. The van der Waals surface area contributed by atoms with Crippen molar-refractivity contribution in [2.45, 2.75) is 13.3 Å². The summed E-state index contributed by atoms with van der Waals surface area (Å²) in [5.41, 5.74) is 2.14. The van der Waals surface area contributed by atoms with Crippen LogP contribution in [0.5, 0.6) is 11.5 Å². The number of amides is 1. The van der Waals surface area contributed by atoms with Crippen molar-refractivity contribution >= 4 is 11.7 Å². The molecule has 134 valence electrons. The number of pyridine rings is 1. The molecule has 3 aromatic rings. The Hall–Kier alpha value is -3.35. The second-order valence-electron chi connectivity index (χ2n) is 5.64. The Bertz CT molecular complexity index is 921. The number of methoxy groups -OCH3 is 2. The van der Waals surface area contributed by atoms with Crippen LogP contribution in [0.1, 0.15) is 11.4 Å². The summed E-state index contributed by atoms with van der Waals surface area (Å²) in [4.78, 5) is 16.4. The van der Waals surface area contributed by atoms with E-state index >= 15 is 0 Å². The van der Waals surface area contributed by atoms with Crippen LogP contribution in [-0.4, -0.2) is 30.3 Å². The van der Waals surface area contributed by atoms with Gasteiger partial charge in [-0.25, -0.2) is 4.98 Å². The highest BCUT2D eigenvalue weighted by atomic mass is 16.5. The zero-order valence-electron chi connectivity index (χ0n) is 14.8. The number of benzene rings is 1. The molecule has 0 saturated carbocycles. The number of anilines is 1. The predicted octanol–water partition coefficient (Wildman–Crippen LogP) is 3.24. The summed E-state index contributed by atoms with van der Waals surface area (Å²) in [6.07, 6.45) is 0.0897. The van der Waals surface area contributed by atoms with Crippen LogP contribution in [0, 0.1) is 6.92 Å². The normalized spacial score (nSPS) is 10.4. The molecule has 7 nitrogen and oxygen atoms in total. The predicted molar refractivity (Wildman–Crippen MR) is 96.4 cm³/mol. The Morgan fingerprint density at radius 1 is 1.12 bits per heavy atom. The minimum Gasteiger partial charge on any atom is -0.493 e. The van der Waals surface area contributed by atoms with Crippen molar-refractivity contribution in [2.24, 2.45) is 0 Å². The molecule has 3 rings (SSSR count). The molecule has 0 atom stereocenters. The van der Waals surface area contributed by atoms with Crippen LogP contribution in [0.25, 0.3) is 11.3 Å². The lowest BCUT2D eigenvalue weighted by atomic mass is 10.1. The number of nitrogens with zero attached hydrogens (tertiary/aromatic N) is 2. The topological polar surface area (TPSA) is 86.5 Å². The van der Waals surface area contributed by atoms with Gasteiger partial charge in [0.05, 0.1) is 26.3 Å². The van der Waals surface area contributed by atoms with Gasteiger partial charge in [-0.05, 0) is 37.3 Å². The minimum absolute atomic E-state index is 0.0897. The van der Waals surface area contributed by atoms with Crippen molar-refractivity contribution < 1.29 is 18.8 Å². The lowest BCUT2D eigenvalue weighted by molar-refractivity contribution is -0.115. The number of aryl methyl sites for hydroxylation is 1. The summed E-state index contributed by atoms with van der Waals surface area (Å²) in [7, 11) is 3.14. The van der Waals surface area contributed by atoms with Crippen LogP contribution >= 0.6 is 0 Å². The summed E-state index contributed by atoms with van der Waals surface area (Å²) in [6, 6.07) is 12.6. The molecular formula is C19H19N3O4. The van der Waals surface area contributed by atoms with Crippen molar-refractivity contribution in [3.63, 3.8) is 0 Å². The number of ether oxygens (including phenoxy) is 2. The van der Waals surface area contributed by atoms with Gasteiger partial charge in [-0.2, -0.15) is 0 Å². The van der Waals surface area contributed by atoms with Gasteiger partial charge in [0, 0.05) is 17.3 Å². The van der Waals surface area contributed by atoms with Gasteiger partial charge in [0.1, 0.15) is 5.82 Å². The average Bonchev–Trinajstić information content (AvgIpc) is 3.09. The smallest absolute Gasteiger partial charge is 0.231 e. The second-order valence-corrected chi connectivity index (χ2v) is 5.64. The maximum atomic E-state index is 12.2. The summed E-state index contributed by atoms with van der Waals surface area (Å²) in [5, 5.41) is 6.71. The number of carbonyl (C=O) groups excluding carboxylic acids is 1. The molecule has 0 unspecified atom stereocenters. The number of aromatic nitrogens is 2. The zero-order valence-corrected chi connectivity index (χ0v) is 14.8. The molecule has 26 heavy (non-hydrogen) atoms. The van der Waals surface area contributed by atoms with Crippen LogP contribution in [-0.2, 0) is 11.2 Å². The molecule has 1 aromatic carbocycles. The fourth-order valence-electron chi connectivity index (χ4n) is 2.48. The third kappa shape index (κ3) is 4.00. The molecule has 1 N–H and O–H groups in total. The van der Waals surface area contributed by atoms with Gasteiger partial charge in [0.2, 0.25) is 5.91 Å².